The maximum absolute atomic E-state index is 13.2. The largest absolute Gasteiger partial charge is 0.369 e. The van der Waals surface area contributed by atoms with Gasteiger partial charge in [0.25, 0.3) is 0 Å². The topological polar surface area (TPSA) is 76.8 Å². The Hall–Kier alpha value is -1.91. The summed E-state index contributed by atoms with van der Waals surface area (Å²) in [5.41, 5.74) is 11.3. The molecule has 1 aromatic rings. The summed E-state index contributed by atoms with van der Waals surface area (Å²) in [6.07, 6.45) is 1.26. The second-order valence-electron chi connectivity index (χ2n) is 2.79. The average Bonchev–Trinajstić information content (AvgIpc) is 2.08. The number of hydrogen-bond acceptors (Lipinski definition) is 2. The highest BCUT2D eigenvalue weighted by Gasteiger charge is 1.97. The van der Waals surface area contributed by atoms with Gasteiger partial charge in [-0.25, -0.2) is 4.39 Å². The predicted molar refractivity (Wildman–Crippen MR) is 54.5 cm³/mol. The molecule has 0 aliphatic rings. The third-order valence-corrected chi connectivity index (χ3v) is 1.53. The van der Waals surface area contributed by atoms with Crippen LogP contribution in [0.25, 0.3) is 0 Å². The molecule has 0 aliphatic heterocycles. The number of nitrogens with two attached hydrogens (primary N) is 2. The zero-order chi connectivity index (χ0) is 10.6. The van der Waals surface area contributed by atoms with Crippen LogP contribution in [-0.4, -0.2) is 12.2 Å². The first-order chi connectivity index (χ1) is 6.59. The number of hydrogen-bond donors (Lipinski definition) is 2. The van der Waals surface area contributed by atoms with Crippen LogP contribution in [0.15, 0.2) is 28.4 Å². The molecule has 74 valence electrons. The minimum absolute atomic E-state index is 0.159. The molecule has 0 amide bonds. The fourth-order valence-electron chi connectivity index (χ4n) is 0.895. The first kappa shape index (κ1) is 10.2. The normalized spacial score (nSPS) is 10.4. The van der Waals surface area contributed by atoms with Crippen molar-refractivity contribution in [2.75, 3.05) is 0 Å². The van der Waals surface area contributed by atoms with E-state index in [0.29, 0.717) is 5.56 Å². The Balaban J connectivity index is 2.87. The molecule has 5 heteroatoms. The summed E-state index contributed by atoms with van der Waals surface area (Å²) in [6.45, 7) is 1.81. The van der Waals surface area contributed by atoms with Crippen LogP contribution in [0.3, 0.4) is 0 Å². The van der Waals surface area contributed by atoms with Gasteiger partial charge in [-0.3, -0.25) is 0 Å². The Bertz CT molecular complexity index is 380. The average molecular weight is 194 g/mol. The van der Waals surface area contributed by atoms with E-state index in [9.17, 15) is 4.39 Å². The lowest BCUT2D eigenvalue weighted by Gasteiger charge is -1.96. The van der Waals surface area contributed by atoms with Crippen LogP contribution in [0.2, 0.25) is 0 Å². The first-order valence-electron chi connectivity index (χ1n) is 3.97. The summed E-state index contributed by atoms with van der Waals surface area (Å²) >= 11 is 0. The quantitative estimate of drug-likeness (QED) is 0.414. The molecule has 0 saturated heterocycles. The highest BCUT2D eigenvalue weighted by molar-refractivity contribution is 5.81. The fraction of sp³-hybridized carbons (Fsp3) is 0.111. The van der Waals surface area contributed by atoms with Crippen molar-refractivity contribution in [3.05, 3.63) is 35.1 Å². The molecule has 0 aromatic heterocycles. The van der Waals surface area contributed by atoms with Crippen molar-refractivity contribution < 1.29 is 4.39 Å². The highest BCUT2D eigenvalue weighted by Crippen LogP contribution is 2.07. The van der Waals surface area contributed by atoms with Crippen LogP contribution < -0.4 is 11.5 Å². The van der Waals surface area contributed by atoms with Gasteiger partial charge in [0.15, 0.2) is 0 Å². The Kier molecular flexibility index (Phi) is 3.17. The molecule has 4 nitrogen and oxygen atoms in total. The van der Waals surface area contributed by atoms with Gasteiger partial charge in [0.2, 0.25) is 5.96 Å². The van der Waals surface area contributed by atoms with Crippen LogP contribution >= 0.6 is 0 Å². The van der Waals surface area contributed by atoms with E-state index >= 15 is 0 Å². The maximum Gasteiger partial charge on any atom is 0.211 e. The van der Waals surface area contributed by atoms with Crippen LogP contribution in [0.5, 0.6) is 0 Å². The number of guanidine groups is 1. The fourth-order valence-corrected chi connectivity index (χ4v) is 0.895. The van der Waals surface area contributed by atoms with E-state index in [1.165, 1.54) is 12.3 Å². The van der Waals surface area contributed by atoms with E-state index in [1.807, 2.05) is 0 Å². The summed E-state index contributed by atoms with van der Waals surface area (Å²) in [6, 6.07) is 4.80. The molecule has 0 saturated carbocycles. The van der Waals surface area contributed by atoms with Crippen molar-refractivity contribution in [2.24, 2.45) is 21.7 Å². The number of benzene rings is 1. The summed E-state index contributed by atoms with van der Waals surface area (Å²) in [7, 11) is 0. The molecule has 0 spiro atoms. The Morgan fingerprint density at radius 2 is 2.14 bits per heavy atom. The molecule has 0 radical (unpaired) electrons. The maximum atomic E-state index is 13.2. The Labute approximate surface area is 81.1 Å². The number of nitrogens with zero attached hydrogens (tertiary/aromatic N) is 2. The van der Waals surface area contributed by atoms with Crippen molar-refractivity contribution >= 4 is 12.2 Å². The van der Waals surface area contributed by atoms with Gasteiger partial charge >= 0.3 is 0 Å². The number of rotatable bonds is 2. The molecule has 0 heterocycles. The van der Waals surface area contributed by atoms with Gasteiger partial charge in [0.1, 0.15) is 5.82 Å². The molecular weight excluding hydrogens is 183 g/mol. The zero-order valence-corrected chi connectivity index (χ0v) is 7.74. The summed E-state index contributed by atoms with van der Waals surface area (Å²) in [4.78, 5) is 0. The van der Waals surface area contributed by atoms with Crippen molar-refractivity contribution in [2.45, 2.75) is 6.92 Å². The monoisotopic (exact) mass is 194 g/mol. The highest BCUT2D eigenvalue weighted by atomic mass is 19.1. The number of halogens is 1. The van der Waals surface area contributed by atoms with Crippen molar-refractivity contribution in [3.8, 4) is 0 Å². The minimum atomic E-state index is -0.348. The molecule has 0 fully saturated rings. The molecular formula is C9H11FN4. The van der Waals surface area contributed by atoms with Crippen molar-refractivity contribution in [3.63, 3.8) is 0 Å². The molecule has 1 aromatic carbocycles. The molecule has 0 atom stereocenters. The predicted octanol–water partition coefficient (Wildman–Crippen LogP) is 0.741. The van der Waals surface area contributed by atoms with Gasteiger partial charge < -0.3 is 11.5 Å². The van der Waals surface area contributed by atoms with Gasteiger partial charge in [-0.1, -0.05) is 12.1 Å². The van der Waals surface area contributed by atoms with E-state index in [0.717, 1.165) is 5.56 Å². The summed E-state index contributed by atoms with van der Waals surface area (Å²) in [5.74, 6) is -0.506. The number of aryl methyl sites for hydroxylation is 1. The standard InChI is InChI=1S/C9H11FN4/c1-6-2-3-7(8(10)4-6)5-13-14-9(11)12/h2-5H,1H3,(H4,11,12,14)/b13-5+. The Morgan fingerprint density at radius 1 is 1.43 bits per heavy atom. The first-order valence-corrected chi connectivity index (χ1v) is 3.97. The van der Waals surface area contributed by atoms with Crippen LogP contribution in [0.1, 0.15) is 11.1 Å². The van der Waals surface area contributed by atoms with Gasteiger partial charge in [-0.15, -0.1) is 5.10 Å². The molecule has 0 bridgehead atoms. The smallest absolute Gasteiger partial charge is 0.211 e. The third-order valence-electron chi connectivity index (χ3n) is 1.53. The summed E-state index contributed by atoms with van der Waals surface area (Å²) < 4.78 is 13.2. The summed E-state index contributed by atoms with van der Waals surface area (Å²) in [5, 5.41) is 6.86. The van der Waals surface area contributed by atoms with Crippen molar-refractivity contribution in [1.82, 2.24) is 0 Å². The van der Waals surface area contributed by atoms with E-state index in [1.54, 1.807) is 19.1 Å². The molecule has 4 N–H and O–H groups in total. The van der Waals surface area contributed by atoms with Gasteiger partial charge in [-0.05, 0) is 18.6 Å². The Morgan fingerprint density at radius 3 is 2.71 bits per heavy atom. The minimum Gasteiger partial charge on any atom is -0.369 e. The second kappa shape index (κ2) is 4.36. The molecule has 14 heavy (non-hydrogen) atoms. The second-order valence-corrected chi connectivity index (χ2v) is 2.79. The third kappa shape index (κ3) is 2.85. The van der Waals surface area contributed by atoms with Gasteiger partial charge in [0.05, 0.1) is 6.21 Å². The molecule has 0 aliphatic carbocycles. The lowest BCUT2D eigenvalue weighted by Crippen LogP contribution is -2.21. The van der Waals surface area contributed by atoms with E-state index < -0.39 is 0 Å². The van der Waals surface area contributed by atoms with Gasteiger partial charge in [-0.2, -0.15) is 5.10 Å². The van der Waals surface area contributed by atoms with Crippen LogP contribution in [0.4, 0.5) is 4.39 Å². The van der Waals surface area contributed by atoms with Crippen LogP contribution in [-0.2, 0) is 0 Å². The molecule has 0 unspecified atom stereocenters. The lowest BCUT2D eigenvalue weighted by atomic mass is 10.1. The van der Waals surface area contributed by atoms with E-state index in [4.69, 9.17) is 11.5 Å². The SMILES string of the molecule is Cc1ccc(/C=N/N=C(N)N)c(F)c1. The van der Waals surface area contributed by atoms with Crippen LogP contribution in [0, 0.1) is 12.7 Å². The zero-order valence-electron chi connectivity index (χ0n) is 7.74. The molecule has 1 rings (SSSR count). The lowest BCUT2D eigenvalue weighted by molar-refractivity contribution is 0.624. The van der Waals surface area contributed by atoms with E-state index in [2.05, 4.69) is 10.2 Å². The van der Waals surface area contributed by atoms with Crippen molar-refractivity contribution in [1.29, 1.82) is 0 Å². The van der Waals surface area contributed by atoms with E-state index in [-0.39, 0.29) is 11.8 Å². The van der Waals surface area contributed by atoms with Gasteiger partial charge in [0, 0.05) is 5.56 Å².